The molecule has 1 N–H and O–H groups in total. The molecule has 1 atom stereocenters. The first kappa shape index (κ1) is 14.0. The smallest absolute Gasteiger partial charge is 0.238 e. The van der Waals surface area contributed by atoms with E-state index in [-0.39, 0.29) is 12.3 Å². The summed E-state index contributed by atoms with van der Waals surface area (Å²) in [5, 5.41) is 10.8. The Morgan fingerprint density at radius 3 is 2.61 bits per heavy atom. The number of carbonyl (C=O) groups is 1. The van der Waals surface area contributed by atoms with Crippen molar-refractivity contribution in [2.45, 2.75) is 25.6 Å². The molecule has 1 aromatic heterocycles. The summed E-state index contributed by atoms with van der Waals surface area (Å²) in [4.78, 5) is 18.9. The van der Waals surface area contributed by atoms with Gasteiger partial charge in [-0.1, -0.05) is 42.5 Å². The van der Waals surface area contributed by atoms with Crippen LogP contribution < -0.4 is 4.90 Å². The molecule has 5 nitrogen and oxygen atoms in total. The average Bonchev–Trinajstić information content (AvgIpc) is 2.91. The average molecular weight is 307 g/mol. The van der Waals surface area contributed by atoms with Crippen LogP contribution in [0.4, 0.5) is 5.95 Å². The van der Waals surface area contributed by atoms with Gasteiger partial charge in [-0.15, -0.1) is 0 Å². The van der Waals surface area contributed by atoms with Gasteiger partial charge in [0.2, 0.25) is 11.9 Å². The van der Waals surface area contributed by atoms with E-state index in [0.717, 1.165) is 16.6 Å². The van der Waals surface area contributed by atoms with Crippen LogP contribution in [-0.2, 0) is 6.54 Å². The van der Waals surface area contributed by atoms with Crippen molar-refractivity contribution in [3.63, 3.8) is 0 Å². The lowest BCUT2D eigenvalue weighted by Crippen LogP contribution is -2.53. The minimum Gasteiger partial charge on any atom is -0.371 e. The van der Waals surface area contributed by atoms with Crippen molar-refractivity contribution in [3.05, 3.63) is 60.2 Å². The monoisotopic (exact) mass is 307 g/mol. The van der Waals surface area contributed by atoms with Crippen LogP contribution in [0.2, 0.25) is 0 Å². The van der Waals surface area contributed by atoms with Gasteiger partial charge in [0, 0.05) is 6.54 Å². The Morgan fingerprint density at radius 2 is 1.83 bits per heavy atom. The molecule has 0 aliphatic carbocycles. The molecule has 116 valence electrons. The first-order valence-corrected chi connectivity index (χ1v) is 7.61. The van der Waals surface area contributed by atoms with Crippen LogP contribution in [0.25, 0.3) is 11.0 Å². The summed E-state index contributed by atoms with van der Waals surface area (Å²) in [7, 11) is 0. The fraction of sp³-hybridized carbons (Fsp3) is 0.222. The maximum Gasteiger partial charge on any atom is 0.238 e. The van der Waals surface area contributed by atoms with Crippen LogP contribution in [0.3, 0.4) is 0 Å². The van der Waals surface area contributed by atoms with Crippen LogP contribution in [0.1, 0.15) is 23.7 Å². The summed E-state index contributed by atoms with van der Waals surface area (Å²) in [5.74, 6) is 0.360. The van der Waals surface area contributed by atoms with E-state index in [2.05, 4.69) is 4.98 Å². The molecule has 0 amide bonds. The Balaban J connectivity index is 1.88. The lowest BCUT2D eigenvalue weighted by Gasteiger charge is -2.41. The number of hydrogen-bond acceptors (Lipinski definition) is 4. The molecule has 0 fully saturated rings. The highest BCUT2D eigenvalue weighted by Gasteiger charge is 2.41. The lowest BCUT2D eigenvalue weighted by molar-refractivity contribution is 0.0289. The number of benzene rings is 2. The molecule has 1 unspecified atom stereocenters. The molecule has 4 rings (SSSR count). The van der Waals surface area contributed by atoms with E-state index in [1.165, 1.54) is 0 Å². The summed E-state index contributed by atoms with van der Waals surface area (Å²) in [5.41, 5.74) is 1.33. The third kappa shape index (κ3) is 2.21. The molecule has 2 heterocycles. The standard InChI is InChI=1S/C18H17N3O2/c1-18(23)11-16(22)21-15-10-6-5-9-14(15)19-17(21)20(18)12-13-7-3-2-4-8-13/h2-10,23H,11-12H2,1H3. The molecule has 0 saturated heterocycles. The minimum absolute atomic E-state index is 0.0349. The maximum atomic E-state index is 12.5. The molecule has 3 aromatic rings. The Hall–Kier alpha value is -2.66. The summed E-state index contributed by atoms with van der Waals surface area (Å²) >= 11 is 0. The Bertz CT molecular complexity index is 884. The van der Waals surface area contributed by atoms with Gasteiger partial charge in [0.05, 0.1) is 17.5 Å². The Kier molecular flexibility index (Phi) is 2.99. The maximum absolute atomic E-state index is 12.5. The largest absolute Gasteiger partial charge is 0.371 e. The summed E-state index contributed by atoms with van der Waals surface area (Å²) in [6.45, 7) is 2.15. The fourth-order valence-electron chi connectivity index (χ4n) is 3.12. The number of imidazole rings is 1. The molecule has 2 aromatic carbocycles. The number of hydrogen-bond donors (Lipinski definition) is 1. The predicted octanol–water partition coefficient (Wildman–Crippen LogP) is 2.80. The first-order valence-electron chi connectivity index (χ1n) is 7.61. The number of fused-ring (bicyclic) bond motifs is 3. The minimum atomic E-state index is -1.26. The van der Waals surface area contributed by atoms with Crippen LogP contribution in [0.15, 0.2) is 54.6 Å². The molecular weight excluding hydrogens is 290 g/mol. The first-order chi connectivity index (χ1) is 11.1. The quantitative estimate of drug-likeness (QED) is 0.791. The van der Waals surface area contributed by atoms with Crippen LogP contribution >= 0.6 is 0 Å². The topological polar surface area (TPSA) is 58.4 Å². The highest BCUT2D eigenvalue weighted by molar-refractivity contribution is 5.96. The molecule has 1 aliphatic heterocycles. The molecular formula is C18H17N3O2. The van der Waals surface area contributed by atoms with E-state index >= 15 is 0 Å². The molecule has 0 saturated carbocycles. The van der Waals surface area contributed by atoms with Crippen LogP contribution in [0, 0.1) is 0 Å². The van der Waals surface area contributed by atoms with Gasteiger partial charge < -0.3 is 10.0 Å². The predicted molar refractivity (Wildman–Crippen MR) is 88.2 cm³/mol. The Morgan fingerprint density at radius 1 is 1.13 bits per heavy atom. The van der Waals surface area contributed by atoms with Crippen molar-refractivity contribution in [3.8, 4) is 0 Å². The van der Waals surface area contributed by atoms with E-state index in [1.54, 1.807) is 16.4 Å². The highest BCUT2D eigenvalue weighted by atomic mass is 16.3. The second kappa shape index (κ2) is 4.93. The van der Waals surface area contributed by atoms with E-state index in [1.807, 2.05) is 54.6 Å². The molecule has 1 aliphatic rings. The number of aliphatic hydroxyl groups is 1. The zero-order valence-corrected chi connectivity index (χ0v) is 12.8. The van der Waals surface area contributed by atoms with Gasteiger partial charge in [-0.25, -0.2) is 9.55 Å². The molecule has 0 radical (unpaired) electrons. The van der Waals surface area contributed by atoms with Gasteiger partial charge >= 0.3 is 0 Å². The zero-order valence-electron chi connectivity index (χ0n) is 12.8. The number of aromatic nitrogens is 2. The number of anilines is 1. The molecule has 0 bridgehead atoms. The summed E-state index contributed by atoms with van der Waals surface area (Å²) < 4.78 is 1.61. The van der Waals surface area contributed by atoms with Gasteiger partial charge in [0.15, 0.2) is 0 Å². The van der Waals surface area contributed by atoms with Crippen molar-refractivity contribution in [2.75, 3.05) is 4.90 Å². The van der Waals surface area contributed by atoms with E-state index in [4.69, 9.17) is 0 Å². The van der Waals surface area contributed by atoms with Crippen molar-refractivity contribution in [2.24, 2.45) is 0 Å². The van der Waals surface area contributed by atoms with Crippen LogP contribution in [-0.4, -0.2) is 26.3 Å². The van der Waals surface area contributed by atoms with E-state index in [9.17, 15) is 9.90 Å². The number of para-hydroxylation sites is 2. The van der Waals surface area contributed by atoms with E-state index < -0.39 is 5.72 Å². The van der Waals surface area contributed by atoms with Crippen molar-refractivity contribution in [1.82, 2.24) is 9.55 Å². The van der Waals surface area contributed by atoms with Crippen LogP contribution in [0.5, 0.6) is 0 Å². The second-order valence-corrected chi connectivity index (χ2v) is 6.10. The zero-order chi connectivity index (χ0) is 16.0. The SMILES string of the molecule is CC1(O)CC(=O)n2c(nc3ccccc32)N1Cc1ccccc1. The third-order valence-corrected chi connectivity index (χ3v) is 4.29. The summed E-state index contributed by atoms with van der Waals surface area (Å²) in [6.07, 6.45) is 0.0349. The van der Waals surface area contributed by atoms with Crippen molar-refractivity contribution >= 4 is 22.9 Å². The van der Waals surface area contributed by atoms with Crippen molar-refractivity contribution in [1.29, 1.82) is 0 Å². The van der Waals surface area contributed by atoms with Crippen molar-refractivity contribution < 1.29 is 9.90 Å². The lowest BCUT2D eigenvalue weighted by atomic mass is 10.1. The van der Waals surface area contributed by atoms with Gasteiger partial charge in [0.1, 0.15) is 5.72 Å². The molecule has 0 spiro atoms. The number of carbonyl (C=O) groups excluding carboxylic acids is 1. The fourth-order valence-corrected chi connectivity index (χ4v) is 3.12. The molecule has 23 heavy (non-hydrogen) atoms. The second-order valence-electron chi connectivity index (χ2n) is 6.10. The number of rotatable bonds is 2. The van der Waals surface area contributed by atoms with Gasteiger partial charge in [0.25, 0.3) is 0 Å². The van der Waals surface area contributed by atoms with Gasteiger partial charge in [-0.3, -0.25) is 4.79 Å². The normalized spacial score (nSPS) is 20.8. The van der Waals surface area contributed by atoms with Gasteiger partial charge in [-0.2, -0.15) is 0 Å². The third-order valence-electron chi connectivity index (χ3n) is 4.29. The highest BCUT2D eigenvalue weighted by Crippen LogP contribution is 2.35. The van der Waals surface area contributed by atoms with Gasteiger partial charge in [-0.05, 0) is 24.6 Å². The number of nitrogens with zero attached hydrogens (tertiary/aromatic N) is 3. The summed E-state index contributed by atoms with van der Waals surface area (Å²) in [6, 6.07) is 17.4. The van der Waals surface area contributed by atoms with E-state index in [0.29, 0.717) is 12.5 Å². The Labute approximate surface area is 133 Å². The molecule has 5 heteroatoms.